The van der Waals surface area contributed by atoms with Gasteiger partial charge in [0.25, 0.3) is 0 Å². The summed E-state index contributed by atoms with van der Waals surface area (Å²) in [7, 11) is 0. The largest absolute Gasteiger partial charge is 0.327 e. The lowest BCUT2D eigenvalue weighted by molar-refractivity contribution is -0.117. The molecule has 1 unspecified atom stereocenters. The number of nitrogens with two attached hydrogens (primary N) is 1. The highest BCUT2D eigenvalue weighted by atomic mass is 16.1. The Morgan fingerprint density at radius 2 is 2.38 bits per heavy atom. The molecule has 1 rings (SSSR count). The Bertz CT molecular complexity index is 170. The number of rotatable bonds is 4. The van der Waals surface area contributed by atoms with Crippen LogP contribution in [-0.4, -0.2) is 36.4 Å². The molecule has 0 aromatic heterocycles. The molecule has 3 nitrogen and oxygen atoms in total. The first kappa shape index (κ1) is 10.7. The summed E-state index contributed by atoms with van der Waals surface area (Å²) >= 11 is 0. The van der Waals surface area contributed by atoms with E-state index in [9.17, 15) is 4.79 Å². The first-order chi connectivity index (χ1) is 6.18. The molecule has 3 heteroatoms. The number of ketones is 1. The maximum absolute atomic E-state index is 10.7. The Kier molecular flexibility index (Phi) is 4.39. The zero-order valence-electron chi connectivity index (χ0n) is 8.46. The summed E-state index contributed by atoms with van der Waals surface area (Å²) in [5.41, 5.74) is 5.85. The first-order valence-corrected chi connectivity index (χ1v) is 5.16. The fourth-order valence-electron chi connectivity index (χ4n) is 1.85. The van der Waals surface area contributed by atoms with E-state index in [4.69, 9.17) is 5.73 Å². The van der Waals surface area contributed by atoms with E-state index in [1.165, 1.54) is 6.42 Å². The van der Waals surface area contributed by atoms with Crippen LogP contribution in [0.2, 0.25) is 0 Å². The van der Waals surface area contributed by atoms with Gasteiger partial charge < -0.3 is 15.4 Å². The molecular formula is C10H20N2O. The standard InChI is InChI=1S/C10H20N2O/c1-9(13)4-2-6-12-7-3-5-10(11)8-12/h10H,2-8,11H2,1H3. The molecule has 1 aliphatic rings. The van der Waals surface area contributed by atoms with E-state index < -0.39 is 0 Å². The average Bonchev–Trinajstić information content (AvgIpc) is 2.03. The van der Waals surface area contributed by atoms with Gasteiger partial charge in [-0.25, -0.2) is 0 Å². The molecule has 1 aliphatic heterocycles. The average molecular weight is 184 g/mol. The number of likely N-dealkylation sites (tertiary alicyclic amines) is 1. The molecule has 0 spiro atoms. The zero-order valence-corrected chi connectivity index (χ0v) is 8.46. The molecule has 0 aliphatic carbocycles. The molecular weight excluding hydrogens is 164 g/mol. The molecule has 0 aromatic rings. The highest BCUT2D eigenvalue weighted by Crippen LogP contribution is 2.08. The van der Waals surface area contributed by atoms with Gasteiger partial charge in [-0.05, 0) is 39.3 Å². The fraction of sp³-hybridized carbons (Fsp3) is 0.900. The lowest BCUT2D eigenvalue weighted by Crippen LogP contribution is -2.43. The molecule has 1 atom stereocenters. The molecule has 76 valence electrons. The van der Waals surface area contributed by atoms with Crippen molar-refractivity contribution in [3.05, 3.63) is 0 Å². The Morgan fingerprint density at radius 3 is 3.00 bits per heavy atom. The molecule has 1 fully saturated rings. The van der Waals surface area contributed by atoms with Crippen LogP contribution in [0.25, 0.3) is 0 Å². The zero-order chi connectivity index (χ0) is 9.68. The predicted molar refractivity (Wildman–Crippen MR) is 53.6 cm³/mol. The maximum Gasteiger partial charge on any atom is 0.129 e. The van der Waals surface area contributed by atoms with Crippen LogP contribution in [0.3, 0.4) is 0 Å². The van der Waals surface area contributed by atoms with Gasteiger partial charge in [0.1, 0.15) is 5.78 Å². The molecule has 0 bridgehead atoms. The van der Waals surface area contributed by atoms with Crippen LogP contribution in [0.15, 0.2) is 0 Å². The highest BCUT2D eigenvalue weighted by Gasteiger charge is 2.15. The minimum absolute atomic E-state index is 0.293. The van der Waals surface area contributed by atoms with Crippen LogP contribution in [0.4, 0.5) is 0 Å². The van der Waals surface area contributed by atoms with Crippen molar-refractivity contribution in [2.45, 2.75) is 38.6 Å². The molecule has 13 heavy (non-hydrogen) atoms. The minimum atomic E-state index is 0.293. The summed E-state index contributed by atoms with van der Waals surface area (Å²) in [6, 6.07) is 0.353. The van der Waals surface area contributed by atoms with Crippen molar-refractivity contribution in [2.24, 2.45) is 5.73 Å². The van der Waals surface area contributed by atoms with E-state index in [1.54, 1.807) is 6.92 Å². The van der Waals surface area contributed by atoms with Gasteiger partial charge in [0.05, 0.1) is 0 Å². The SMILES string of the molecule is CC(=O)CCCN1CCCC(N)C1. The smallest absolute Gasteiger partial charge is 0.129 e. The van der Waals surface area contributed by atoms with Gasteiger partial charge in [-0.2, -0.15) is 0 Å². The van der Waals surface area contributed by atoms with Gasteiger partial charge in [0.15, 0.2) is 0 Å². The van der Waals surface area contributed by atoms with E-state index in [0.717, 1.165) is 32.5 Å². The molecule has 2 N–H and O–H groups in total. The molecule has 0 aromatic carbocycles. The van der Waals surface area contributed by atoms with Gasteiger partial charge in [0.2, 0.25) is 0 Å². The third-order valence-electron chi connectivity index (χ3n) is 2.55. The highest BCUT2D eigenvalue weighted by molar-refractivity contribution is 5.75. The van der Waals surface area contributed by atoms with E-state index in [1.807, 2.05) is 0 Å². The molecule has 1 heterocycles. The Balaban J connectivity index is 2.10. The summed E-state index contributed by atoms with van der Waals surface area (Å²) in [6.45, 7) is 4.86. The number of hydrogen-bond donors (Lipinski definition) is 1. The summed E-state index contributed by atoms with van der Waals surface area (Å²) in [4.78, 5) is 13.1. The summed E-state index contributed by atoms with van der Waals surface area (Å²) in [5.74, 6) is 0.293. The molecule has 0 amide bonds. The number of piperidine rings is 1. The van der Waals surface area contributed by atoms with Crippen molar-refractivity contribution >= 4 is 5.78 Å². The molecule has 0 radical (unpaired) electrons. The second kappa shape index (κ2) is 5.35. The Labute approximate surface area is 80.3 Å². The molecule has 0 saturated carbocycles. The lowest BCUT2D eigenvalue weighted by Gasteiger charge is -2.30. The van der Waals surface area contributed by atoms with Gasteiger partial charge in [0, 0.05) is 19.0 Å². The monoisotopic (exact) mass is 184 g/mol. The van der Waals surface area contributed by atoms with E-state index >= 15 is 0 Å². The van der Waals surface area contributed by atoms with Crippen LogP contribution >= 0.6 is 0 Å². The van der Waals surface area contributed by atoms with Crippen molar-refractivity contribution in [1.82, 2.24) is 4.90 Å². The van der Waals surface area contributed by atoms with Crippen molar-refractivity contribution in [3.63, 3.8) is 0 Å². The predicted octanol–water partition coefficient (Wildman–Crippen LogP) is 0.779. The Morgan fingerprint density at radius 1 is 1.62 bits per heavy atom. The second-order valence-electron chi connectivity index (χ2n) is 4.01. The van der Waals surface area contributed by atoms with Crippen molar-refractivity contribution in [3.8, 4) is 0 Å². The summed E-state index contributed by atoms with van der Waals surface area (Å²) < 4.78 is 0. The maximum atomic E-state index is 10.7. The normalized spacial score (nSPS) is 24.6. The molecule has 1 saturated heterocycles. The number of carbonyl (C=O) groups excluding carboxylic acids is 1. The van der Waals surface area contributed by atoms with Gasteiger partial charge in [-0.1, -0.05) is 0 Å². The van der Waals surface area contributed by atoms with Crippen LogP contribution in [0, 0.1) is 0 Å². The van der Waals surface area contributed by atoms with Crippen molar-refractivity contribution in [1.29, 1.82) is 0 Å². The third kappa shape index (κ3) is 4.39. The van der Waals surface area contributed by atoms with Crippen LogP contribution < -0.4 is 5.73 Å². The van der Waals surface area contributed by atoms with E-state index in [2.05, 4.69) is 4.90 Å². The number of carbonyl (C=O) groups is 1. The van der Waals surface area contributed by atoms with Crippen LogP contribution in [0.5, 0.6) is 0 Å². The quantitative estimate of drug-likeness (QED) is 0.702. The van der Waals surface area contributed by atoms with Crippen molar-refractivity contribution in [2.75, 3.05) is 19.6 Å². The second-order valence-corrected chi connectivity index (χ2v) is 4.01. The third-order valence-corrected chi connectivity index (χ3v) is 2.55. The van der Waals surface area contributed by atoms with Crippen molar-refractivity contribution < 1.29 is 4.79 Å². The summed E-state index contributed by atoms with van der Waals surface area (Å²) in [6.07, 6.45) is 4.07. The fourth-order valence-corrected chi connectivity index (χ4v) is 1.85. The van der Waals surface area contributed by atoms with Gasteiger partial charge >= 0.3 is 0 Å². The number of Topliss-reactive ketones (excluding diaryl/α,β-unsaturated/α-hetero) is 1. The first-order valence-electron chi connectivity index (χ1n) is 5.16. The van der Waals surface area contributed by atoms with Crippen LogP contribution in [0.1, 0.15) is 32.6 Å². The van der Waals surface area contributed by atoms with Gasteiger partial charge in [-0.15, -0.1) is 0 Å². The number of hydrogen-bond acceptors (Lipinski definition) is 3. The van der Waals surface area contributed by atoms with E-state index in [0.29, 0.717) is 18.2 Å². The van der Waals surface area contributed by atoms with E-state index in [-0.39, 0.29) is 0 Å². The Hall–Kier alpha value is -0.410. The topological polar surface area (TPSA) is 46.3 Å². The van der Waals surface area contributed by atoms with Crippen LogP contribution in [-0.2, 0) is 4.79 Å². The summed E-state index contributed by atoms with van der Waals surface area (Å²) in [5, 5.41) is 0. The number of nitrogens with zero attached hydrogens (tertiary/aromatic N) is 1. The lowest BCUT2D eigenvalue weighted by atomic mass is 10.1. The minimum Gasteiger partial charge on any atom is -0.327 e. The van der Waals surface area contributed by atoms with Gasteiger partial charge in [-0.3, -0.25) is 0 Å².